The zero-order valence-electron chi connectivity index (χ0n) is 12.4. The van der Waals surface area contributed by atoms with E-state index in [2.05, 4.69) is 22.3 Å². The molecule has 0 aromatic heterocycles. The van der Waals surface area contributed by atoms with Crippen molar-refractivity contribution in [2.24, 2.45) is 5.92 Å². The monoisotopic (exact) mass is 290 g/mol. The normalized spacial score (nSPS) is 27.7. The van der Waals surface area contributed by atoms with Crippen LogP contribution in [0.1, 0.15) is 18.4 Å². The lowest BCUT2D eigenvalue weighted by molar-refractivity contribution is 0.171. The van der Waals surface area contributed by atoms with Crippen LogP contribution in [0, 0.1) is 5.92 Å². The van der Waals surface area contributed by atoms with Crippen LogP contribution in [0.5, 0.6) is 17.2 Å². The summed E-state index contributed by atoms with van der Waals surface area (Å²) in [7, 11) is 1.68. The summed E-state index contributed by atoms with van der Waals surface area (Å²) in [6.07, 6.45) is 2.67. The Morgan fingerprint density at radius 1 is 1.29 bits per heavy atom. The summed E-state index contributed by atoms with van der Waals surface area (Å²) in [4.78, 5) is 2.55. The number of nitrogens with zero attached hydrogens (tertiary/aromatic N) is 1. The number of rotatable bonds is 3. The fourth-order valence-electron chi connectivity index (χ4n) is 3.70. The topological polar surface area (TPSA) is 43.0 Å². The molecule has 5 heteroatoms. The van der Waals surface area contributed by atoms with Crippen molar-refractivity contribution in [3.8, 4) is 17.2 Å². The first kappa shape index (κ1) is 13.2. The fraction of sp³-hybridized carbons (Fsp3) is 0.625. The maximum absolute atomic E-state index is 5.52. The molecule has 5 rings (SSSR count). The first-order valence-corrected chi connectivity index (χ1v) is 7.74. The lowest BCUT2D eigenvalue weighted by Crippen LogP contribution is -2.39. The molecule has 0 spiro atoms. The highest BCUT2D eigenvalue weighted by atomic mass is 16.7. The minimum Gasteiger partial charge on any atom is -0.493 e. The summed E-state index contributed by atoms with van der Waals surface area (Å²) < 4.78 is 16.4. The van der Waals surface area contributed by atoms with Gasteiger partial charge in [-0.3, -0.25) is 4.90 Å². The van der Waals surface area contributed by atoms with E-state index in [1.165, 1.54) is 31.5 Å². The van der Waals surface area contributed by atoms with E-state index >= 15 is 0 Å². The van der Waals surface area contributed by atoms with Gasteiger partial charge in [0, 0.05) is 25.7 Å². The van der Waals surface area contributed by atoms with Gasteiger partial charge < -0.3 is 19.5 Å². The average Bonchev–Trinajstić information content (AvgIpc) is 2.78. The van der Waals surface area contributed by atoms with Crippen molar-refractivity contribution in [3.63, 3.8) is 0 Å². The maximum atomic E-state index is 5.52. The molecule has 0 radical (unpaired) electrons. The second-order valence-electron chi connectivity index (χ2n) is 6.27. The SMILES string of the molecule is COc1cc(CN2C[C@H]3CC[C@@H](C2)NC3)cc2c1OCO2. The highest BCUT2D eigenvalue weighted by Gasteiger charge is 2.29. The Labute approximate surface area is 125 Å². The largest absolute Gasteiger partial charge is 0.493 e. The van der Waals surface area contributed by atoms with Crippen LogP contribution in [0.3, 0.4) is 0 Å². The molecule has 3 fully saturated rings. The lowest BCUT2D eigenvalue weighted by atomic mass is 9.97. The predicted molar refractivity (Wildman–Crippen MR) is 78.9 cm³/mol. The van der Waals surface area contributed by atoms with Crippen LogP contribution >= 0.6 is 0 Å². The molecular formula is C16H22N2O3. The Morgan fingerprint density at radius 2 is 2.24 bits per heavy atom. The predicted octanol–water partition coefficient (Wildman–Crippen LogP) is 1.61. The lowest BCUT2D eigenvalue weighted by Gasteiger charge is -2.23. The zero-order valence-corrected chi connectivity index (χ0v) is 12.4. The van der Waals surface area contributed by atoms with Crippen molar-refractivity contribution in [3.05, 3.63) is 17.7 Å². The van der Waals surface area contributed by atoms with E-state index in [4.69, 9.17) is 14.2 Å². The van der Waals surface area contributed by atoms with Gasteiger partial charge in [0.1, 0.15) is 0 Å². The molecule has 1 aromatic rings. The van der Waals surface area contributed by atoms with Crippen molar-refractivity contribution in [1.29, 1.82) is 0 Å². The van der Waals surface area contributed by atoms with Crippen molar-refractivity contribution < 1.29 is 14.2 Å². The number of piperidine rings is 1. The molecule has 4 heterocycles. The molecule has 0 unspecified atom stereocenters. The molecule has 4 aliphatic heterocycles. The number of ether oxygens (including phenoxy) is 3. The highest BCUT2D eigenvalue weighted by Crippen LogP contribution is 2.42. The number of benzene rings is 1. The molecule has 3 saturated heterocycles. The average molecular weight is 290 g/mol. The molecule has 1 aromatic carbocycles. The number of fused-ring (bicyclic) bond motifs is 5. The molecule has 0 amide bonds. The third-order valence-corrected chi connectivity index (χ3v) is 4.74. The van der Waals surface area contributed by atoms with Gasteiger partial charge in [-0.25, -0.2) is 0 Å². The summed E-state index contributed by atoms with van der Waals surface area (Å²) in [6.45, 7) is 4.72. The number of hydrogen-bond donors (Lipinski definition) is 1. The van der Waals surface area contributed by atoms with Gasteiger partial charge in [0.15, 0.2) is 11.5 Å². The second-order valence-corrected chi connectivity index (χ2v) is 6.27. The van der Waals surface area contributed by atoms with E-state index < -0.39 is 0 Å². The fourth-order valence-corrected chi connectivity index (χ4v) is 3.70. The summed E-state index contributed by atoms with van der Waals surface area (Å²) in [5.41, 5.74) is 1.23. The van der Waals surface area contributed by atoms with E-state index in [9.17, 15) is 0 Å². The molecule has 2 bridgehead atoms. The van der Waals surface area contributed by atoms with Crippen molar-refractivity contribution in [1.82, 2.24) is 10.2 Å². The summed E-state index contributed by atoms with van der Waals surface area (Å²) in [6, 6.07) is 4.82. The highest BCUT2D eigenvalue weighted by molar-refractivity contribution is 5.55. The Balaban J connectivity index is 1.54. The Morgan fingerprint density at radius 3 is 3.05 bits per heavy atom. The molecule has 0 saturated carbocycles. The molecule has 2 atom stereocenters. The number of hydrogen-bond acceptors (Lipinski definition) is 5. The molecule has 4 aliphatic rings. The quantitative estimate of drug-likeness (QED) is 0.916. The van der Waals surface area contributed by atoms with Crippen LogP contribution in [0.25, 0.3) is 0 Å². The van der Waals surface area contributed by atoms with Crippen LogP contribution in [0.15, 0.2) is 12.1 Å². The smallest absolute Gasteiger partial charge is 0.231 e. The molecular weight excluding hydrogens is 268 g/mol. The third kappa shape index (κ3) is 2.56. The first-order valence-electron chi connectivity index (χ1n) is 7.74. The Bertz CT molecular complexity index is 512. The van der Waals surface area contributed by atoms with Gasteiger partial charge in [0.05, 0.1) is 7.11 Å². The van der Waals surface area contributed by atoms with Gasteiger partial charge in [-0.05, 0) is 43.0 Å². The minimum atomic E-state index is 0.285. The van der Waals surface area contributed by atoms with Crippen LogP contribution in [-0.4, -0.2) is 44.5 Å². The standard InChI is InChI=1S/C16H22N2O3/c1-19-14-4-12(5-15-16(14)21-10-20-15)8-18-7-11-2-3-13(9-18)17-6-11/h4-5,11,13,17H,2-3,6-10H2,1H3/t11-,13-/m0/s1. The summed E-state index contributed by atoms with van der Waals surface area (Å²) >= 11 is 0. The molecule has 114 valence electrons. The Hall–Kier alpha value is -1.46. The van der Waals surface area contributed by atoms with Crippen molar-refractivity contribution >= 4 is 0 Å². The van der Waals surface area contributed by atoms with E-state index in [1.54, 1.807) is 7.11 Å². The van der Waals surface area contributed by atoms with E-state index in [0.717, 1.165) is 36.3 Å². The first-order chi connectivity index (χ1) is 10.3. The van der Waals surface area contributed by atoms with Crippen molar-refractivity contribution in [2.75, 3.05) is 33.5 Å². The number of nitrogens with one attached hydrogen (secondary N) is 1. The van der Waals surface area contributed by atoms with Gasteiger partial charge in [-0.2, -0.15) is 0 Å². The Kier molecular flexibility index (Phi) is 3.39. The van der Waals surface area contributed by atoms with Crippen LogP contribution in [0.4, 0.5) is 0 Å². The number of methoxy groups -OCH3 is 1. The van der Waals surface area contributed by atoms with Crippen molar-refractivity contribution in [2.45, 2.75) is 25.4 Å². The molecule has 21 heavy (non-hydrogen) atoms. The van der Waals surface area contributed by atoms with Gasteiger partial charge in [-0.15, -0.1) is 0 Å². The zero-order chi connectivity index (χ0) is 14.2. The molecule has 5 nitrogen and oxygen atoms in total. The van der Waals surface area contributed by atoms with Crippen LogP contribution < -0.4 is 19.5 Å². The third-order valence-electron chi connectivity index (χ3n) is 4.74. The van der Waals surface area contributed by atoms with Crippen LogP contribution in [-0.2, 0) is 6.54 Å². The summed E-state index contributed by atoms with van der Waals surface area (Å²) in [5, 5.41) is 3.65. The van der Waals surface area contributed by atoms with Crippen LogP contribution in [0.2, 0.25) is 0 Å². The van der Waals surface area contributed by atoms with Gasteiger partial charge in [0.2, 0.25) is 12.5 Å². The summed E-state index contributed by atoms with van der Waals surface area (Å²) in [5.74, 6) is 3.11. The molecule has 1 N–H and O–H groups in total. The van der Waals surface area contributed by atoms with E-state index in [0.29, 0.717) is 6.04 Å². The maximum Gasteiger partial charge on any atom is 0.231 e. The molecule has 0 aliphatic carbocycles. The van der Waals surface area contributed by atoms with E-state index in [1.807, 2.05) is 0 Å². The van der Waals surface area contributed by atoms with E-state index in [-0.39, 0.29) is 6.79 Å². The van der Waals surface area contributed by atoms with Gasteiger partial charge in [-0.1, -0.05) is 0 Å². The second kappa shape index (κ2) is 5.39. The van der Waals surface area contributed by atoms with Gasteiger partial charge >= 0.3 is 0 Å². The minimum absolute atomic E-state index is 0.285. The van der Waals surface area contributed by atoms with Gasteiger partial charge in [0.25, 0.3) is 0 Å².